The van der Waals surface area contributed by atoms with Crippen molar-refractivity contribution in [2.75, 3.05) is 59.2 Å². The van der Waals surface area contributed by atoms with Crippen LogP contribution in [0.5, 0.6) is 0 Å². The molecule has 60 heavy (non-hydrogen) atoms. The van der Waals surface area contributed by atoms with Crippen LogP contribution >= 0.6 is 0 Å². The summed E-state index contributed by atoms with van der Waals surface area (Å²) in [5.74, 6) is -1.18. The molecule has 0 saturated carbocycles. The molecule has 348 valence electrons. The number of carbonyl (C=O) groups is 3. The zero-order valence-corrected chi connectivity index (χ0v) is 39.1. The second-order valence-corrected chi connectivity index (χ2v) is 15.6. The Morgan fingerprint density at radius 3 is 1.60 bits per heavy atom. The van der Waals surface area contributed by atoms with Crippen LogP contribution in [0.15, 0.2) is 48.6 Å². The first-order valence-electron chi connectivity index (χ1n) is 24.2. The Kier molecular flexibility index (Phi) is 43.3. The van der Waals surface area contributed by atoms with Gasteiger partial charge in [-0.05, 0) is 116 Å². The first kappa shape index (κ1) is 57.1. The van der Waals surface area contributed by atoms with Gasteiger partial charge in [0.15, 0.2) is 6.29 Å². The van der Waals surface area contributed by atoms with E-state index in [1.165, 1.54) is 25.7 Å². The van der Waals surface area contributed by atoms with Crippen molar-refractivity contribution in [1.82, 2.24) is 10.2 Å². The molecule has 0 aromatic rings. The summed E-state index contributed by atoms with van der Waals surface area (Å²) in [6.07, 6.45) is 38.7. The molecule has 1 amide bonds. The molecule has 1 unspecified atom stereocenters. The predicted molar refractivity (Wildman–Crippen MR) is 248 cm³/mol. The molecule has 0 fully saturated rings. The van der Waals surface area contributed by atoms with Crippen LogP contribution < -0.4 is 5.32 Å². The Balaban J connectivity index is 4.87. The summed E-state index contributed by atoms with van der Waals surface area (Å²) in [6, 6.07) is 0. The second kappa shape index (κ2) is 45.6. The zero-order valence-electron chi connectivity index (χ0n) is 39.1. The first-order chi connectivity index (χ1) is 29.4. The van der Waals surface area contributed by atoms with Gasteiger partial charge in [-0.2, -0.15) is 0 Å². The topological polar surface area (TPSA) is 113 Å². The minimum atomic E-state index is -0.540. The molecule has 0 aromatic carbocycles. The second-order valence-electron chi connectivity index (χ2n) is 15.6. The van der Waals surface area contributed by atoms with Gasteiger partial charge in [0.05, 0.1) is 12.3 Å². The largest absolute Gasteiger partial charge is 0.465 e. The summed E-state index contributed by atoms with van der Waals surface area (Å²) in [4.78, 5) is 40.4. The molecule has 0 spiro atoms. The van der Waals surface area contributed by atoms with Gasteiger partial charge in [0.1, 0.15) is 19.8 Å². The molecule has 0 saturated heterocycles. The molecule has 0 aliphatic heterocycles. The molecule has 1 N–H and O–H groups in total. The van der Waals surface area contributed by atoms with Crippen molar-refractivity contribution >= 4 is 18.0 Å². The average Bonchev–Trinajstić information content (AvgIpc) is 3.25. The number of carbonyl (C=O) groups excluding carboxylic acids is 3. The quantitative estimate of drug-likeness (QED) is 0.0211. The van der Waals surface area contributed by atoms with Crippen LogP contribution in [0, 0.1) is 5.92 Å². The summed E-state index contributed by atoms with van der Waals surface area (Å²) in [7, 11) is 0. The maximum Gasteiger partial charge on any atom is 0.407 e. The third kappa shape index (κ3) is 40.5. The molecule has 0 heterocycles. The van der Waals surface area contributed by atoms with Crippen molar-refractivity contribution < 1.29 is 38.1 Å². The van der Waals surface area contributed by atoms with E-state index < -0.39 is 24.3 Å². The number of hydrogen-bond acceptors (Lipinski definition) is 9. The van der Waals surface area contributed by atoms with Crippen LogP contribution in [0.4, 0.5) is 4.79 Å². The Hall–Kier alpha value is -2.95. The van der Waals surface area contributed by atoms with Gasteiger partial charge in [0.2, 0.25) is 0 Å². The summed E-state index contributed by atoms with van der Waals surface area (Å²) < 4.78 is 28.8. The molecule has 0 radical (unpaired) electrons. The van der Waals surface area contributed by atoms with Crippen LogP contribution in [0.3, 0.4) is 0 Å². The number of hydrogen-bond donors (Lipinski definition) is 1. The highest BCUT2D eigenvalue weighted by Gasteiger charge is 2.19. The van der Waals surface area contributed by atoms with Gasteiger partial charge >= 0.3 is 18.0 Å². The first-order valence-corrected chi connectivity index (χ1v) is 24.2. The number of ether oxygens (including phenoxy) is 5. The van der Waals surface area contributed by atoms with Crippen molar-refractivity contribution in [2.45, 2.75) is 189 Å². The number of esters is 2. The minimum Gasteiger partial charge on any atom is -0.465 e. The van der Waals surface area contributed by atoms with Gasteiger partial charge in [0, 0.05) is 32.6 Å². The highest BCUT2D eigenvalue weighted by molar-refractivity contribution is 5.70. The van der Waals surface area contributed by atoms with Crippen molar-refractivity contribution in [2.24, 2.45) is 5.92 Å². The zero-order chi connectivity index (χ0) is 44.0. The van der Waals surface area contributed by atoms with Gasteiger partial charge in [-0.3, -0.25) is 9.59 Å². The van der Waals surface area contributed by atoms with Crippen LogP contribution in [0.25, 0.3) is 0 Å². The van der Waals surface area contributed by atoms with E-state index in [-0.39, 0.29) is 32.2 Å². The fourth-order valence-corrected chi connectivity index (χ4v) is 6.25. The molecule has 10 nitrogen and oxygen atoms in total. The number of unbranched alkanes of at least 4 members (excludes halogenated alkanes) is 12. The third-order valence-electron chi connectivity index (χ3n) is 10.1. The van der Waals surface area contributed by atoms with Crippen LogP contribution in [0.2, 0.25) is 0 Å². The Morgan fingerprint density at radius 2 is 1.03 bits per heavy atom. The summed E-state index contributed by atoms with van der Waals surface area (Å²) >= 11 is 0. The number of nitrogens with one attached hydrogen (secondary N) is 1. The predicted octanol–water partition coefficient (Wildman–Crippen LogP) is 12.4. The minimum absolute atomic E-state index is 0.00263. The van der Waals surface area contributed by atoms with Crippen molar-refractivity contribution in [3.05, 3.63) is 48.6 Å². The fourth-order valence-electron chi connectivity index (χ4n) is 6.25. The van der Waals surface area contributed by atoms with Gasteiger partial charge < -0.3 is 33.9 Å². The maximum absolute atomic E-state index is 12.9. The molecular weight excluding hydrogens is 757 g/mol. The van der Waals surface area contributed by atoms with E-state index in [1.54, 1.807) is 0 Å². The summed E-state index contributed by atoms with van der Waals surface area (Å²) in [5.41, 5.74) is 0. The molecule has 0 aromatic heterocycles. The Morgan fingerprint density at radius 1 is 0.533 bits per heavy atom. The van der Waals surface area contributed by atoms with E-state index in [1.807, 2.05) is 0 Å². The highest BCUT2D eigenvalue weighted by atomic mass is 16.7. The standard InChI is InChI=1S/C50H90N2O8/c1-6-11-14-17-20-21-22-23-24-25-26-27-28-29-32-36-47(53)58-43-46(45-60-50(55)51-39-35-40-52(9-4)10-5)44-59-48(54)37-38-49(56-41-33-30-18-15-12-7-2)57-42-34-31-19-16-13-8-3/h12-13,15-16,20-21,23-24,46,49H,6-11,14,17-19,22,25-45H2,1-5H3,(H,51,55)/b15-12-,16-13-,21-20-,24-23-. The Bertz CT molecular complexity index is 1080. The Labute approximate surface area is 367 Å². The normalized spacial score (nSPS) is 12.5. The van der Waals surface area contributed by atoms with E-state index in [9.17, 15) is 14.4 Å². The maximum atomic E-state index is 12.9. The molecule has 0 aliphatic carbocycles. The summed E-state index contributed by atoms with van der Waals surface area (Å²) in [6.45, 7) is 15.1. The number of nitrogens with zero attached hydrogens (tertiary/aromatic N) is 1. The van der Waals surface area contributed by atoms with Crippen molar-refractivity contribution in [3.63, 3.8) is 0 Å². The van der Waals surface area contributed by atoms with Crippen LogP contribution in [-0.2, 0) is 33.3 Å². The van der Waals surface area contributed by atoms with E-state index in [0.717, 1.165) is 122 Å². The van der Waals surface area contributed by atoms with E-state index in [0.29, 0.717) is 32.6 Å². The van der Waals surface area contributed by atoms with Crippen molar-refractivity contribution in [1.29, 1.82) is 0 Å². The number of allylic oxidation sites excluding steroid dienone is 8. The molecule has 1 atom stereocenters. The molecule has 0 rings (SSSR count). The van der Waals surface area contributed by atoms with Gasteiger partial charge in [-0.25, -0.2) is 4.79 Å². The summed E-state index contributed by atoms with van der Waals surface area (Å²) in [5, 5.41) is 2.80. The number of rotatable bonds is 43. The van der Waals surface area contributed by atoms with E-state index in [4.69, 9.17) is 23.7 Å². The lowest BCUT2D eigenvalue weighted by Crippen LogP contribution is -2.32. The molecular formula is C50H90N2O8. The lowest BCUT2D eigenvalue weighted by molar-refractivity contribution is -0.161. The fraction of sp³-hybridized carbons (Fsp3) is 0.780. The molecule has 0 bridgehead atoms. The highest BCUT2D eigenvalue weighted by Crippen LogP contribution is 2.13. The van der Waals surface area contributed by atoms with E-state index in [2.05, 4.69) is 93.4 Å². The van der Waals surface area contributed by atoms with Crippen LogP contribution in [0.1, 0.15) is 182 Å². The lowest BCUT2D eigenvalue weighted by atomic mass is 10.1. The number of amides is 1. The average molecular weight is 847 g/mol. The molecule has 10 heteroatoms. The van der Waals surface area contributed by atoms with E-state index >= 15 is 0 Å². The van der Waals surface area contributed by atoms with Gasteiger partial charge in [-0.1, -0.05) is 115 Å². The SMILES string of the molecule is CC/C=C\CCCCOC(CCC(=O)OCC(COC(=O)CCCCCCC/C=C\C/C=C\CCCCC)COC(=O)NCCCN(CC)CC)OCCCC/C=C\CC. The smallest absolute Gasteiger partial charge is 0.407 e. The number of alkyl carbamates (subject to hydrolysis) is 1. The van der Waals surface area contributed by atoms with Crippen molar-refractivity contribution in [3.8, 4) is 0 Å². The molecule has 0 aliphatic rings. The van der Waals surface area contributed by atoms with Crippen LogP contribution in [-0.4, -0.2) is 88.4 Å². The monoisotopic (exact) mass is 847 g/mol. The third-order valence-corrected chi connectivity index (χ3v) is 10.1. The van der Waals surface area contributed by atoms with Gasteiger partial charge in [0.25, 0.3) is 0 Å². The van der Waals surface area contributed by atoms with Gasteiger partial charge in [-0.15, -0.1) is 0 Å². The lowest BCUT2D eigenvalue weighted by Gasteiger charge is -2.20.